The summed E-state index contributed by atoms with van der Waals surface area (Å²) in [5, 5.41) is 8.06. The van der Waals surface area contributed by atoms with Gasteiger partial charge in [-0.2, -0.15) is 0 Å². The molecule has 1 aromatic rings. The first-order valence-electron chi connectivity index (χ1n) is 3.67. The molecule has 0 N–H and O–H groups in total. The number of hydrogen-bond donors (Lipinski definition) is 0. The molecule has 0 aromatic carbocycles. The zero-order chi connectivity index (χ0) is 9.26. The predicted molar refractivity (Wildman–Crippen MR) is 54.3 cm³/mol. The molecule has 0 unspecified atom stereocenters. The summed E-state index contributed by atoms with van der Waals surface area (Å²) in [5.41, 5.74) is 0.802. The Morgan fingerprint density at radius 1 is 1.62 bits per heavy atom. The normalized spacial score (nSPS) is 16.8. The SMILES string of the molecule is S=C1CC=C(Cl)C=C1n1c[c]nn1. The van der Waals surface area contributed by atoms with Gasteiger partial charge >= 0.3 is 0 Å². The largest absolute Gasteiger partial charge is 0.219 e. The topological polar surface area (TPSA) is 30.7 Å². The number of nitrogens with zero attached hydrogens (tertiary/aromatic N) is 3. The van der Waals surface area contributed by atoms with Gasteiger partial charge in [-0.05, 0) is 6.08 Å². The second-order valence-electron chi connectivity index (χ2n) is 2.54. The Morgan fingerprint density at radius 2 is 2.46 bits per heavy atom. The molecule has 2 rings (SSSR count). The lowest BCUT2D eigenvalue weighted by atomic mass is 10.1. The Balaban J connectivity index is 2.42. The van der Waals surface area contributed by atoms with Crippen LogP contribution in [-0.4, -0.2) is 19.9 Å². The number of hydrogen-bond acceptors (Lipinski definition) is 3. The minimum atomic E-state index is 0.680. The maximum Gasteiger partial charge on any atom is 0.135 e. The van der Waals surface area contributed by atoms with Gasteiger partial charge in [-0.15, -0.1) is 5.10 Å². The number of allylic oxidation sites excluding steroid dienone is 4. The summed E-state index contributed by atoms with van der Waals surface area (Å²) in [6, 6.07) is 0. The van der Waals surface area contributed by atoms with E-state index in [-0.39, 0.29) is 0 Å². The van der Waals surface area contributed by atoms with E-state index in [9.17, 15) is 0 Å². The van der Waals surface area contributed by atoms with Crippen molar-refractivity contribution >= 4 is 34.4 Å². The maximum absolute atomic E-state index is 5.85. The number of thiocarbonyl (C=S) groups is 1. The molecule has 3 nitrogen and oxygen atoms in total. The van der Waals surface area contributed by atoms with Crippen LogP contribution in [0.3, 0.4) is 0 Å². The van der Waals surface area contributed by atoms with Crippen LogP contribution < -0.4 is 0 Å². The van der Waals surface area contributed by atoms with Gasteiger partial charge in [0.25, 0.3) is 0 Å². The second-order valence-corrected chi connectivity index (χ2v) is 3.47. The first kappa shape index (κ1) is 8.59. The Kier molecular flexibility index (Phi) is 2.24. The van der Waals surface area contributed by atoms with Crippen molar-refractivity contribution in [1.82, 2.24) is 15.0 Å². The zero-order valence-electron chi connectivity index (χ0n) is 6.57. The van der Waals surface area contributed by atoms with Crippen molar-refractivity contribution in [2.75, 3.05) is 0 Å². The molecule has 1 radical (unpaired) electrons. The van der Waals surface area contributed by atoms with Gasteiger partial charge in [0.2, 0.25) is 0 Å². The molecule has 13 heavy (non-hydrogen) atoms. The van der Waals surface area contributed by atoms with E-state index in [2.05, 4.69) is 16.5 Å². The van der Waals surface area contributed by atoms with Crippen molar-refractivity contribution in [2.24, 2.45) is 0 Å². The third kappa shape index (κ3) is 1.68. The minimum absolute atomic E-state index is 0.680. The molecule has 0 saturated heterocycles. The fraction of sp³-hybridized carbons (Fsp3) is 0.125. The molecule has 0 amide bonds. The molecule has 0 bridgehead atoms. The lowest BCUT2D eigenvalue weighted by Crippen LogP contribution is -2.09. The van der Waals surface area contributed by atoms with Crippen LogP contribution in [-0.2, 0) is 0 Å². The lowest BCUT2D eigenvalue weighted by Gasteiger charge is -2.10. The molecule has 1 aliphatic rings. The molecule has 0 atom stereocenters. The van der Waals surface area contributed by atoms with Gasteiger partial charge in [-0.1, -0.05) is 35.1 Å². The van der Waals surface area contributed by atoms with Crippen molar-refractivity contribution in [1.29, 1.82) is 0 Å². The molecule has 1 heterocycles. The van der Waals surface area contributed by atoms with Crippen LogP contribution in [0, 0.1) is 6.20 Å². The van der Waals surface area contributed by atoms with Gasteiger partial charge in [-0.3, -0.25) is 0 Å². The maximum atomic E-state index is 5.85. The third-order valence-electron chi connectivity index (χ3n) is 1.67. The third-order valence-corrected chi connectivity index (χ3v) is 2.31. The van der Waals surface area contributed by atoms with Crippen molar-refractivity contribution < 1.29 is 0 Å². The van der Waals surface area contributed by atoms with Crippen molar-refractivity contribution in [3.8, 4) is 0 Å². The van der Waals surface area contributed by atoms with Crippen LogP contribution in [0.15, 0.2) is 23.4 Å². The Labute approximate surface area is 85.7 Å². The van der Waals surface area contributed by atoms with Crippen molar-refractivity contribution in [3.63, 3.8) is 0 Å². The van der Waals surface area contributed by atoms with Crippen LogP contribution >= 0.6 is 23.8 Å². The van der Waals surface area contributed by atoms with Gasteiger partial charge in [-0.25, -0.2) is 4.68 Å². The van der Waals surface area contributed by atoms with E-state index in [1.54, 1.807) is 17.0 Å². The fourth-order valence-electron chi connectivity index (χ4n) is 1.06. The summed E-state index contributed by atoms with van der Waals surface area (Å²) in [4.78, 5) is 0.809. The van der Waals surface area contributed by atoms with E-state index >= 15 is 0 Å². The average Bonchev–Trinajstić information content (AvgIpc) is 2.61. The lowest BCUT2D eigenvalue weighted by molar-refractivity contribution is 0.827. The van der Waals surface area contributed by atoms with Gasteiger partial charge < -0.3 is 0 Å². The van der Waals surface area contributed by atoms with E-state index < -0.39 is 0 Å². The van der Waals surface area contributed by atoms with E-state index in [4.69, 9.17) is 23.8 Å². The molecule has 0 saturated carbocycles. The summed E-state index contributed by atoms with van der Waals surface area (Å²) in [7, 11) is 0. The summed E-state index contributed by atoms with van der Waals surface area (Å²) < 4.78 is 1.57. The van der Waals surface area contributed by atoms with Crippen LogP contribution in [0.2, 0.25) is 0 Å². The summed E-state index contributed by atoms with van der Waals surface area (Å²) >= 11 is 11.0. The highest BCUT2D eigenvalue weighted by Gasteiger charge is 2.11. The molecular formula is C8H5ClN3S. The molecule has 65 valence electrons. The first-order valence-corrected chi connectivity index (χ1v) is 4.45. The van der Waals surface area contributed by atoms with E-state index in [1.807, 2.05) is 6.08 Å². The van der Waals surface area contributed by atoms with Gasteiger partial charge in [0.05, 0.1) is 11.9 Å². The van der Waals surface area contributed by atoms with Gasteiger partial charge in [0.1, 0.15) is 6.20 Å². The molecule has 0 aliphatic heterocycles. The van der Waals surface area contributed by atoms with E-state index in [0.717, 1.165) is 10.6 Å². The number of rotatable bonds is 1. The summed E-state index contributed by atoms with van der Waals surface area (Å²) in [6.07, 6.45) is 8.54. The van der Waals surface area contributed by atoms with Crippen molar-refractivity contribution in [2.45, 2.75) is 6.42 Å². The van der Waals surface area contributed by atoms with E-state index in [0.29, 0.717) is 11.5 Å². The first-order chi connectivity index (χ1) is 6.27. The Bertz CT molecular complexity index is 392. The smallest absolute Gasteiger partial charge is 0.135 e. The fourth-order valence-corrected chi connectivity index (χ4v) is 1.47. The molecular weight excluding hydrogens is 206 g/mol. The van der Waals surface area contributed by atoms with Gasteiger partial charge in [0.15, 0.2) is 0 Å². The van der Waals surface area contributed by atoms with Crippen molar-refractivity contribution in [3.05, 3.63) is 29.6 Å². The molecule has 1 aromatic heterocycles. The average molecular weight is 211 g/mol. The highest BCUT2D eigenvalue weighted by atomic mass is 35.5. The highest BCUT2D eigenvalue weighted by Crippen LogP contribution is 2.20. The summed E-state index contributed by atoms with van der Waals surface area (Å²) in [5.74, 6) is 0. The van der Waals surface area contributed by atoms with E-state index in [1.165, 1.54) is 0 Å². The highest BCUT2D eigenvalue weighted by molar-refractivity contribution is 7.81. The Hall–Kier alpha value is -1.00. The standard InChI is InChI=1S/C8H5ClN3S/c9-6-1-2-8(13)7(5-6)12-4-3-10-11-12/h1,4-5H,2H2. The van der Waals surface area contributed by atoms with Gasteiger partial charge in [0, 0.05) is 16.3 Å². The number of aromatic nitrogens is 3. The minimum Gasteiger partial charge on any atom is -0.219 e. The Morgan fingerprint density at radius 3 is 3.15 bits per heavy atom. The monoisotopic (exact) mass is 210 g/mol. The molecule has 0 spiro atoms. The molecule has 0 fully saturated rings. The summed E-state index contributed by atoms with van der Waals surface area (Å²) in [6.45, 7) is 0. The van der Waals surface area contributed by atoms with Crippen LogP contribution in [0.5, 0.6) is 0 Å². The quantitative estimate of drug-likeness (QED) is 0.663. The molecule has 5 heteroatoms. The second kappa shape index (κ2) is 3.40. The zero-order valence-corrected chi connectivity index (χ0v) is 8.14. The van der Waals surface area contributed by atoms with Crippen LogP contribution in [0.1, 0.15) is 6.42 Å². The molecule has 1 aliphatic carbocycles. The predicted octanol–water partition coefficient (Wildman–Crippen LogP) is 1.82. The van der Waals surface area contributed by atoms with Crippen LogP contribution in [0.4, 0.5) is 0 Å². The number of halogens is 1. The van der Waals surface area contributed by atoms with Crippen LogP contribution in [0.25, 0.3) is 5.70 Å².